The molecule has 20 heavy (non-hydrogen) atoms. The number of carbonyl (C=O) groups is 2. The number of aromatic carboxylic acids is 1. The molecular weight excluding hydrogens is 256 g/mol. The van der Waals surface area contributed by atoms with E-state index in [0.717, 1.165) is 5.69 Å². The number of nitrogens with one attached hydrogen (secondary N) is 1. The lowest BCUT2D eigenvalue weighted by molar-refractivity contribution is 0.0697. The second kappa shape index (κ2) is 5.88. The van der Waals surface area contributed by atoms with E-state index in [1.165, 1.54) is 17.0 Å². The number of nitrogens with zero attached hydrogens (tertiary/aromatic N) is 1. The van der Waals surface area contributed by atoms with E-state index in [1.807, 2.05) is 30.3 Å². The van der Waals surface area contributed by atoms with Gasteiger partial charge in [0.05, 0.1) is 5.56 Å². The summed E-state index contributed by atoms with van der Waals surface area (Å²) in [4.78, 5) is 24.2. The minimum Gasteiger partial charge on any atom is -0.478 e. The molecular formula is C15H14N2O3. The van der Waals surface area contributed by atoms with Crippen molar-refractivity contribution in [3.8, 4) is 0 Å². The molecule has 0 spiro atoms. The monoisotopic (exact) mass is 270 g/mol. The summed E-state index contributed by atoms with van der Waals surface area (Å²) in [6.07, 6.45) is 0. The number of urea groups is 1. The maximum atomic E-state index is 12.0. The van der Waals surface area contributed by atoms with Gasteiger partial charge in [0.15, 0.2) is 0 Å². The van der Waals surface area contributed by atoms with E-state index in [4.69, 9.17) is 5.11 Å². The molecule has 0 aromatic heterocycles. The second-order valence-corrected chi connectivity index (χ2v) is 4.21. The highest BCUT2D eigenvalue weighted by molar-refractivity contribution is 6.01. The number of anilines is 2. The molecule has 0 fully saturated rings. The third-order valence-electron chi connectivity index (χ3n) is 2.83. The van der Waals surface area contributed by atoms with Crippen LogP contribution in [-0.2, 0) is 0 Å². The third kappa shape index (κ3) is 3.14. The molecule has 0 aliphatic carbocycles. The van der Waals surface area contributed by atoms with Gasteiger partial charge in [-0.25, -0.2) is 9.59 Å². The van der Waals surface area contributed by atoms with Gasteiger partial charge in [-0.05, 0) is 36.4 Å². The normalized spacial score (nSPS) is 9.85. The van der Waals surface area contributed by atoms with Gasteiger partial charge >= 0.3 is 12.0 Å². The Bertz CT molecular complexity index is 609. The maximum Gasteiger partial charge on any atom is 0.335 e. The molecule has 0 atom stereocenters. The predicted molar refractivity (Wildman–Crippen MR) is 77.3 cm³/mol. The number of amides is 2. The van der Waals surface area contributed by atoms with Crippen molar-refractivity contribution in [2.24, 2.45) is 0 Å². The molecule has 0 radical (unpaired) electrons. The summed E-state index contributed by atoms with van der Waals surface area (Å²) >= 11 is 0. The molecule has 0 aliphatic rings. The highest BCUT2D eigenvalue weighted by Crippen LogP contribution is 2.14. The third-order valence-corrected chi connectivity index (χ3v) is 2.83. The van der Waals surface area contributed by atoms with Crippen LogP contribution in [0.2, 0.25) is 0 Å². The molecule has 0 heterocycles. The van der Waals surface area contributed by atoms with Crippen LogP contribution in [0, 0.1) is 0 Å². The molecule has 5 heteroatoms. The van der Waals surface area contributed by atoms with Gasteiger partial charge in [-0.3, -0.25) is 4.90 Å². The van der Waals surface area contributed by atoms with Gasteiger partial charge < -0.3 is 10.4 Å². The van der Waals surface area contributed by atoms with Crippen LogP contribution in [0.5, 0.6) is 0 Å². The Morgan fingerprint density at radius 3 is 2.15 bits per heavy atom. The molecule has 0 aliphatic heterocycles. The molecule has 2 aromatic carbocycles. The molecule has 2 rings (SSSR count). The van der Waals surface area contributed by atoms with Crippen LogP contribution >= 0.6 is 0 Å². The fraction of sp³-hybridized carbons (Fsp3) is 0.0667. The van der Waals surface area contributed by atoms with Gasteiger partial charge in [-0.2, -0.15) is 0 Å². The lowest BCUT2D eigenvalue weighted by atomic mass is 10.2. The lowest BCUT2D eigenvalue weighted by Crippen LogP contribution is -2.31. The number of carboxylic acids is 1. The summed E-state index contributed by atoms with van der Waals surface area (Å²) < 4.78 is 0. The highest BCUT2D eigenvalue weighted by Gasteiger charge is 2.10. The van der Waals surface area contributed by atoms with E-state index in [1.54, 1.807) is 19.2 Å². The zero-order valence-electron chi connectivity index (χ0n) is 10.9. The van der Waals surface area contributed by atoms with E-state index in [2.05, 4.69) is 5.32 Å². The summed E-state index contributed by atoms with van der Waals surface area (Å²) in [5, 5.41) is 11.5. The Morgan fingerprint density at radius 2 is 1.60 bits per heavy atom. The quantitative estimate of drug-likeness (QED) is 0.900. The molecule has 2 amide bonds. The maximum absolute atomic E-state index is 12.0. The van der Waals surface area contributed by atoms with Crippen LogP contribution in [-0.4, -0.2) is 24.2 Å². The smallest absolute Gasteiger partial charge is 0.335 e. The first-order chi connectivity index (χ1) is 9.58. The van der Waals surface area contributed by atoms with Crippen LogP contribution in [0.25, 0.3) is 0 Å². The second-order valence-electron chi connectivity index (χ2n) is 4.21. The van der Waals surface area contributed by atoms with Gasteiger partial charge in [-0.15, -0.1) is 0 Å². The molecule has 0 saturated carbocycles. The van der Waals surface area contributed by atoms with E-state index < -0.39 is 5.97 Å². The number of carbonyl (C=O) groups excluding carboxylic acids is 1. The highest BCUT2D eigenvalue weighted by atomic mass is 16.4. The fourth-order valence-corrected chi connectivity index (χ4v) is 1.67. The SMILES string of the molecule is CN(C(=O)Nc1ccc(C(=O)O)cc1)c1ccccc1. The number of hydrogen-bond donors (Lipinski definition) is 2. The summed E-state index contributed by atoms with van der Waals surface area (Å²) in [5.41, 5.74) is 1.49. The summed E-state index contributed by atoms with van der Waals surface area (Å²) in [7, 11) is 1.66. The van der Waals surface area contributed by atoms with Crippen molar-refractivity contribution in [2.75, 3.05) is 17.3 Å². The largest absolute Gasteiger partial charge is 0.478 e. The molecule has 2 N–H and O–H groups in total. The van der Waals surface area contributed by atoms with Crippen molar-refractivity contribution in [2.45, 2.75) is 0 Å². The minimum atomic E-state index is -0.996. The number of rotatable bonds is 3. The number of hydrogen-bond acceptors (Lipinski definition) is 2. The first-order valence-corrected chi connectivity index (χ1v) is 6.01. The summed E-state index contributed by atoms with van der Waals surface area (Å²) in [5.74, 6) is -0.996. The Balaban J connectivity index is 2.06. The van der Waals surface area contributed by atoms with E-state index in [9.17, 15) is 9.59 Å². The Labute approximate surface area is 116 Å². The van der Waals surface area contributed by atoms with Crippen LogP contribution in [0.15, 0.2) is 54.6 Å². The van der Waals surface area contributed by atoms with Crippen molar-refractivity contribution < 1.29 is 14.7 Å². The zero-order valence-corrected chi connectivity index (χ0v) is 10.9. The van der Waals surface area contributed by atoms with Gasteiger partial charge in [0.25, 0.3) is 0 Å². The standard InChI is InChI=1S/C15H14N2O3/c1-17(13-5-3-2-4-6-13)15(20)16-12-9-7-11(8-10-12)14(18)19/h2-10H,1H3,(H,16,20)(H,18,19). The topological polar surface area (TPSA) is 69.6 Å². The van der Waals surface area contributed by atoms with Crippen molar-refractivity contribution in [3.05, 3.63) is 60.2 Å². The number of carboxylic acid groups (broad SMARTS) is 1. The molecule has 2 aromatic rings. The van der Waals surface area contributed by atoms with Gasteiger partial charge in [0.2, 0.25) is 0 Å². The molecule has 102 valence electrons. The lowest BCUT2D eigenvalue weighted by Gasteiger charge is -2.18. The van der Waals surface area contributed by atoms with Crippen molar-refractivity contribution in [1.82, 2.24) is 0 Å². The minimum absolute atomic E-state index is 0.180. The van der Waals surface area contributed by atoms with Crippen molar-refractivity contribution in [1.29, 1.82) is 0 Å². The number of benzene rings is 2. The van der Waals surface area contributed by atoms with Crippen molar-refractivity contribution >= 4 is 23.4 Å². The first-order valence-electron chi connectivity index (χ1n) is 6.01. The van der Waals surface area contributed by atoms with Gasteiger partial charge in [0.1, 0.15) is 0 Å². The fourth-order valence-electron chi connectivity index (χ4n) is 1.67. The summed E-state index contributed by atoms with van der Waals surface area (Å²) in [6.45, 7) is 0. The molecule has 5 nitrogen and oxygen atoms in total. The Hall–Kier alpha value is -2.82. The average molecular weight is 270 g/mol. The van der Waals surface area contributed by atoms with Crippen LogP contribution in [0.4, 0.5) is 16.2 Å². The van der Waals surface area contributed by atoms with Crippen LogP contribution in [0.3, 0.4) is 0 Å². The van der Waals surface area contributed by atoms with E-state index in [-0.39, 0.29) is 11.6 Å². The number of para-hydroxylation sites is 1. The van der Waals surface area contributed by atoms with E-state index in [0.29, 0.717) is 5.69 Å². The Kier molecular flexibility index (Phi) is 4.00. The predicted octanol–water partition coefficient (Wildman–Crippen LogP) is 3.05. The Morgan fingerprint density at radius 1 is 1.00 bits per heavy atom. The molecule has 0 bridgehead atoms. The zero-order chi connectivity index (χ0) is 14.5. The van der Waals surface area contributed by atoms with Crippen LogP contribution in [0.1, 0.15) is 10.4 Å². The van der Waals surface area contributed by atoms with Gasteiger partial charge in [-0.1, -0.05) is 18.2 Å². The average Bonchev–Trinajstić information content (AvgIpc) is 2.48. The molecule has 0 unspecified atom stereocenters. The summed E-state index contributed by atoms with van der Waals surface area (Å²) in [6, 6.07) is 14.9. The van der Waals surface area contributed by atoms with E-state index >= 15 is 0 Å². The van der Waals surface area contributed by atoms with Gasteiger partial charge in [0, 0.05) is 18.4 Å². The first kappa shape index (κ1) is 13.6. The van der Waals surface area contributed by atoms with Crippen molar-refractivity contribution in [3.63, 3.8) is 0 Å². The van der Waals surface area contributed by atoms with Crippen LogP contribution < -0.4 is 10.2 Å². The molecule has 0 saturated heterocycles.